The van der Waals surface area contributed by atoms with Crippen LogP contribution in [-0.4, -0.2) is 11.2 Å². The quantitative estimate of drug-likeness (QED) is 0.833. The molecule has 1 aliphatic rings. The van der Waals surface area contributed by atoms with Crippen molar-refractivity contribution in [2.75, 3.05) is 0 Å². The van der Waals surface area contributed by atoms with E-state index in [1.807, 2.05) is 6.07 Å². The molecule has 1 fully saturated rings. The Morgan fingerprint density at radius 2 is 2.12 bits per heavy atom. The van der Waals surface area contributed by atoms with E-state index in [1.165, 1.54) is 12.5 Å². The van der Waals surface area contributed by atoms with Crippen molar-refractivity contribution in [1.82, 2.24) is 0 Å². The van der Waals surface area contributed by atoms with Crippen molar-refractivity contribution in [2.45, 2.75) is 38.7 Å². The van der Waals surface area contributed by atoms with E-state index < -0.39 is 0 Å². The van der Waals surface area contributed by atoms with Crippen molar-refractivity contribution < 1.29 is 9.50 Å². The standard InChI is InChI=1S/C14H19FO/c1-10-6-7-12(8-10)14(16)9-11-4-2-3-5-13(11)15/h2-5,10,12,14,16H,6-9H2,1H3. The van der Waals surface area contributed by atoms with Gasteiger partial charge in [-0.3, -0.25) is 0 Å². The highest BCUT2D eigenvalue weighted by atomic mass is 19.1. The molecule has 1 aliphatic carbocycles. The molecule has 0 radical (unpaired) electrons. The Morgan fingerprint density at radius 3 is 2.75 bits per heavy atom. The Labute approximate surface area is 96.3 Å². The summed E-state index contributed by atoms with van der Waals surface area (Å²) in [4.78, 5) is 0. The largest absolute Gasteiger partial charge is 0.392 e. The minimum Gasteiger partial charge on any atom is -0.392 e. The van der Waals surface area contributed by atoms with Gasteiger partial charge >= 0.3 is 0 Å². The zero-order valence-corrected chi connectivity index (χ0v) is 9.70. The van der Waals surface area contributed by atoms with Gasteiger partial charge in [0.2, 0.25) is 0 Å². The molecule has 1 aromatic carbocycles. The van der Waals surface area contributed by atoms with Crippen LogP contribution in [-0.2, 0) is 6.42 Å². The number of benzene rings is 1. The fraction of sp³-hybridized carbons (Fsp3) is 0.571. The van der Waals surface area contributed by atoms with Gasteiger partial charge in [0, 0.05) is 6.42 Å². The van der Waals surface area contributed by atoms with E-state index in [-0.39, 0.29) is 11.9 Å². The Balaban J connectivity index is 1.97. The highest BCUT2D eigenvalue weighted by Crippen LogP contribution is 2.33. The molecular weight excluding hydrogens is 203 g/mol. The van der Waals surface area contributed by atoms with E-state index in [0.29, 0.717) is 23.8 Å². The van der Waals surface area contributed by atoms with Gasteiger partial charge in [-0.15, -0.1) is 0 Å². The maximum Gasteiger partial charge on any atom is 0.126 e. The number of hydrogen-bond donors (Lipinski definition) is 1. The van der Waals surface area contributed by atoms with Gasteiger partial charge in [-0.25, -0.2) is 4.39 Å². The third-order valence-electron chi connectivity index (χ3n) is 3.67. The third kappa shape index (κ3) is 2.62. The van der Waals surface area contributed by atoms with Gasteiger partial charge < -0.3 is 5.11 Å². The van der Waals surface area contributed by atoms with E-state index >= 15 is 0 Å². The van der Waals surface area contributed by atoms with Crippen LogP contribution in [0.5, 0.6) is 0 Å². The fourth-order valence-corrected chi connectivity index (χ4v) is 2.66. The van der Waals surface area contributed by atoms with E-state index in [1.54, 1.807) is 12.1 Å². The topological polar surface area (TPSA) is 20.2 Å². The van der Waals surface area contributed by atoms with Crippen LogP contribution >= 0.6 is 0 Å². The summed E-state index contributed by atoms with van der Waals surface area (Å²) in [5.74, 6) is 0.863. The molecule has 1 saturated carbocycles. The van der Waals surface area contributed by atoms with Crippen LogP contribution in [0.3, 0.4) is 0 Å². The summed E-state index contributed by atoms with van der Waals surface area (Å²) < 4.78 is 13.4. The van der Waals surface area contributed by atoms with Gasteiger partial charge in [-0.1, -0.05) is 31.5 Å². The lowest BCUT2D eigenvalue weighted by Crippen LogP contribution is -2.21. The maximum absolute atomic E-state index is 13.4. The minimum absolute atomic E-state index is 0.201. The molecule has 1 aromatic rings. The Morgan fingerprint density at radius 1 is 1.38 bits per heavy atom. The summed E-state index contributed by atoms with van der Waals surface area (Å²) in [5.41, 5.74) is 0.634. The first-order valence-electron chi connectivity index (χ1n) is 6.08. The number of hydrogen-bond acceptors (Lipinski definition) is 1. The van der Waals surface area contributed by atoms with Crippen molar-refractivity contribution in [3.63, 3.8) is 0 Å². The summed E-state index contributed by atoms with van der Waals surface area (Å²) in [5, 5.41) is 10.1. The van der Waals surface area contributed by atoms with Crippen LogP contribution in [0, 0.1) is 17.7 Å². The van der Waals surface area contributed by atoms with E-state index in [4.69, 9.17) is 0 Å². The molecule has 0 aliphatic heterocycles. The second-order valence-electron chi connectivity index (χ2n) is 5.04. The number of aliphatic hydroxyl groups is 1. The summed E-state index contributed by atoms with van der Waals surface area (Å²) in [6.45, 7) is 2.22. The van der Waals surface area contributed by atoms with Crippen LogP contribution in [0.2, 0.25) is 0 Å². The number of rotatable bonds is 3. The van der Waals surface area contributed by atoms with Crippen molar-refractivity contribution in [3.8, 4) is 0 Å². The lowest BCUT2D eigenvalue weighted by Gasteiger charge is -2.18. The molecule has 0 heterocycles. The van der Waals surface area contributed by atoms with Gasteiger partial charge in [0.05, 0.1) is 6.10 Å². The minimum atomic E-state index is -0.387. The Hall–Kier alpha value is -0.890. The molecule has 3 atom stereocenters. The molecule has 0 amide bonds. The molecule has 3 unspecified atom stereocenters. The lowest BCUT2D eigenvalue weighted by atomic mass is 9.94. The third-order valence-corrected chi connectivity index (χ3v) is 3.67. The van der Waals surface area contributed by atoms with Gasteiger partial charge in [0.15, 0.2) is 0 Å². The van der Waals surface area contributed by atoms with Crippen molar-refractivity contribution in [1.29, 1.82) is 0 Å². The first kappa shape index (κ1) is 11.6. The maximum atomic E-state index is 13.4. The molecule has 1 nitrogen and oxygen atoms in total. The molecule has 0 spiro atoms. The second-order valence-corrected chi connectivity index (χ2v) is 5.04. The number of halogens is 1. The molecule has 2 heteroatoms. The van der Waals surface area contributed by atoms with Gasteiger partial charge in [-0.2, -0.15) is 0 Å². The SMILES string of the molecule is CC1CCC(C(O)Cc2ccccc2F)C1. The normalized spacial score (nSPS) is 26.9. The van der Waals surface area contributed by atoms with Crippen LogP contribution in [0.25, 0.3) is 0 Å². The fourth-order valence-electron chi connectivity index (χ4n) is 2.66. The van der Waals surface area contributed by atoms with Crippen molar-refractivity contribution >= 4 is 0 Å². The van der Waals surface area contributed by atoms with Gasteiger partial charge in [-0.05, 0) is 36.3 Å². The molecule has 0 bridgehead atoms. The molecular formula is C14H19FO. The van der Waals surface area contributed by atoms with Crippen molar-refractivity contribution in [2.24, 2.45) is 11.8 Å². The average Bonchev–Trinajstić information content (AvgIpc) is 2.68. The number of aliphatic hydroxyl groups excluding tert-OH is 1. The monoisotopic (exact) mass is 222 g/mol. The smallest absolute Gasteiger partial charge is 0.126 e. The highest BCUT2D eigenvalue weighted by molar-refractivity contribution is 5.18. The average molecular weight is 222 g/mol. The van der Waals surface area contributed by atoms with E-state index in [2.05, 4.69) is 6.92 Å². The molecule has 16 heavy (non-hydrogen) atoms. The van der Waals surface area contributed by atoms with Crippen LogP contribution < -0.4 is 0 Å². The summed E-state index contributed by atoms with van der Waals surface area (Å²) in [7, 11) is 0. The zero-order valence-electron chi connectivity index (χ0n) is 9.70. The van der Waals surface area contributed by atoms with E-state index in [9.17, 15) is 9.50 Å². The molecule has 88 valence electrons. The van der Waals surface area contributed by atoms with Crippen LogP contribution in [0.1, 0.15) is 31.7 Å². The highest BCUT2D eigenvalue weighted by Gasteiger charge is 2.27. The van der Waals surface area contributed by atoms with Crippen molar-refractivity contribution in [3.05, 3.63) is 35.6 Å². The van der Waals surface area contributed by atoms with E-state index in [0.717, 1.165) is 12.8 Å². The Kier molecular flexibility index (Phi) is 3.59. The van der Waals surface area contributed by atoms with Gasteiger partial charge in [0.1, 0.15) is 5.82 Å². The molecule has 2 rings (SSSR count). The zero-order chi connectivity index (χ0) is 11.5. The Bertz CT molecular complexity index is 350. The molecule has 0 aromatic heterocycles. The lowest BCUT2D eigenvalue weighted by molar-refractivity contribution is 0.108. The van der Waals surface area contributed by atoms with Gasteiger partial charge in [0.25, 0.3) is 0 Å². The second kappa shape index (κ2) is 4.96. The first-order chi connectivity index (χ1) is 7.66. The summed E-state index contributed by atoms with van der Waals surface area (Å²) >= 11 is 0. The molecule has 0 saturated heterocycles. The summed E-state index contributed by atoms with van der Waals surface area (Å²) in [6, 6.07) is 6.72. The van der Waals surface area contributed by atoms with Crippen LogP contribution in [0.15, 0.2) is 24.3 Å². The predicted octanol–water partition coefficient (Wildman–Crippen LogP) is 3.17. The molecule has 1 N–H and O–H groups in total. The predicted molar refractivity (Wildman–Crippen MR) is 62.6 cm³/mol. The van der Waals surface area contributed by atoms with Crippen LogP contribution in [0.4, 0.5) is 4.39 Å². The first-order valence-corrected chi connectivity index (χ1v) is 6.08. The summed E-state index contributed by atoms with van der Waals surface area (Å²) in [6.07, 6.45) is 3.41.